The van der Waals surface area contributed by atoms with Crippen molar-refractivity contribution < 1.29 is 4.79 Å². The Hall–Kier alpha value is -2.73. The summed E-state index contributed by atoms with van der Waals surface area (Å²) in [5.41, 5.74) is 3.59. The maximum atomic E-state index is 12.8. The Labute approximate surface area is 144 Å². The Morgan fingerprint density at radius 3 is 2.71 bits per heavy atom. The van der Waals surface area contributed by atoms with Crippen LogP contribution in [0.4, 0.5) is 10.6 Å². The van der Waals surface area contributed by atoms with Gasteiger partial charge in [-0.1, -0.05) is 54.6 Å². The van der Waals surface area contributed by atoms with E-state index in [0.717, 1.165) is 23.7 Å². The second-order valence-electron chi connectivity index (χ2n) is 5.68. The van der Waals surface area contributed by atoms with Crippen molar-refractivity contribution in [2.75, 3.05) is 11.9 Å². The van der Waals surface area contributed by atoms with Gasteiger partial charge in [-0.3, -0.25) is 5.32 Å². The summed E-state index contributed by atoms with van der Waals surface area (Å²) in [5, 5.41) is 2.85. The molecule has 2 heterocycles. The van der Waals surface area contributed by atoms with Gasteiger partial charge >= 0.3 is 6.03 Å². The van der Waals surface area contributed by atoms with E-state index in [2.05, 4.69) is 44.4 Å². The Kier molecular flexibility index (Phi) is 3.96. The molecule has 1 N–H and O–H groups in total. The largest absolute Gasteiger partial charge is 0.323 e. The number of hydrogen-bond acceptors (Lipinski definition) is 4. The highest BCUT2D eigenvalue weighted by atomic mass is 32.1. The first-order valence-electron chi connectivity index (χ1n) is 7.81. The molecule has 2 aromatic carbocycles. The van der Waals surface area contributed by atoms with Crippen LogP contribution in [0.5, 0.6) is 0 Å². The van der Waals surface area contributed by atoms with Gasteiger partial charge in [0.1, 0.15) is 0 Å². The molecule has 1 aliphatic heterocycles. The van der Waals surface area contributed by atoms with E-state index in [0.29, 0.717) is 12.4 Å². The Morgan fingerprint density at radius 1 is 1.12 bits per heavy atom. The van der Waals surface area contributed by atoms with Crippen LogP contribution < -0.4 is 5.32 Å². The summed E-state index contributed by atoms with van der Waals surface area (Å²) in [6, 6.07) is 18.2. The number of amides is 2. The van der Waals surface area contributed by atoms with Gasteiger partial charge in [0.05, 0.1) is 24.0 Å². The molecule has 0 saturated heterocycles. The third-order valence-electron chi connectivity index (χ3n) is 4.26. The van der Waals surface area contributed by atoms with Gasteiger partial charge in [-0.15, -0.1) is 0 Å². The summed E-state index contributed by atoms with van der Waals surface area (Å²) in [4.78, 5) is 14.7. The number of benzene rings is 2. The lowest BCUT2D eigenvalue weighted by atomic mass is 9.88. The molecule has 0 bridgehead atoms. The minimum Gasteiger partial charge on any atom is -0.313 e. The molecule has 0 radical (unpaired) electrons. The molecule has 2 amide bonds. The maximum Gasteiger partial charge on any atom is 0.323 e. The highest BCUT2D eigenvalue weighted by Crippen LogP contribution is 2.35. The highest BCUT2D eigenvalue weighted by Gasteiger charge is 2.32. The number of fused-ring (bicyclic) bond motifs is 1. The van der Waals surface area contributed by atoms with Crippen molar-refractivity contribution in [1.29, 1.82) is 0 Å². The molecule has 1 aliphatic rings. The topological polar surface area (TPSA) is 58.1 Å². The monoisotopic (exact) mass is 336 g/mol. The molecule has 0 saturated carbocycles. The zero-order valence-electron chi connectivity index (χ0n) is 12.9. The van der Waals surface area contributed by atoms with E-state index < -0.39 is 0 Å². The first-order chi connectivity index (χ1) is 11.8. The van der Waals surface area contributed by atoms with Crippen molar-refractivity contribution in [2.45, 2.75) is 12.5 Å². The molecule has 0 aliphatic carbocycles. The highest BCUT2D eigenvalue weighted by molar-refractivity contribution is 6.99. The number of anilines is 1. The average Bonchev–Trinajstić information content (AvgIpc) is 3.14. The van der Waals surface area contributed by atoms with Crippen LogP contribution in [-0.2, 0) is 6.42 Å². The molecule has 120 valence electrons. The summed E-state index contributed by atoms with van der Waals surface area (Å²) in [5.74, 6) is 0.496. The zero-order valence-corrected chi connectivity index (χ0v) is 13.7. The summed E-state index contributed by atoms with van der Waals surface area (Å²) in [7, 11) is 0. The van der Waals surface area contributed by atoms with Crippen LogP contribution in [0.2, 0.25) is 0 Å². The van der Waals surface area contributed by atoms with E-state index in [-0.39, 0.29) is 12.1 Å². The Morgan fingerprint density at radius 2 is 1.92 bits per heavy atom. The summed E-state index contributed by atoms with van der Waals surface area (Å²) >= 11 is 1.08. The number of nitrogens with zero attached hydrogens (tertiary/aromatic N) is 3. The van der Waals surface area contributed by atoms with E-state index in [1.165, 1.54) is 11.1 Å². The van der Waals surface area contributed by atoms with Crippen molar-refractivity contribution in [3.05, 3.63) is 77.5 Å². The van der Waals surface area contributed by atoms with E-state index in [1.54, 1.807) is 6.20 Å². The van der Waals surface area contributed by atoms with Gasteiger partial charge in [0, 0.05) is 6.54 Å². The van der Waals surface area contributed by atoms with E-state index in [4.69, 9.17) is 0 Å². The lowest BCUT2D eigenvalue weighted by molar-refractivity contribution is 0.194. The number of rotatable bonds is 2. The summed E-state index contributed by atoms with van der Waals surface area (Å²) in [6.07, 6.45) is 2.42. The molecule has 0 spiro atoms. The van der Waals surface area contributed by atoms with Crippen LogP contribution in [0.25, 0.3) is 0 Å². The van der Waals surface area contributed by atoms with E-state index in [1.807, 2.05) is 29.2 Å². The number of nitrogens with one attached hydrogen (secondary N) is 1. The van der Waals surface area contributed by atoms with E-state index >= 15 is 0 Å². The normalized spacial score (nSPS) is 16.5. The van der Waals surface area contributed by atoms with Crippen LogP contribution in [0.1, 0.15) is 22.7 Å². The van der Waals surface area contributed by atoms with Crippen LogP contribution in [0, 0.1) is 0 Å². The molecule has 3 aromatic rings. The molecule has 0 fully saturated rings. The lowest BCUT2D eigenvalue weighted by Crippen LogP contribution is -2.43. The quantitative estimate of drug-likeness (QED) is 0.776. The average molecular weight is 336 g/mol. The predicted octanol–water partition coefficient (Wildman–Crippen LogP) is 3.72. The number of urea groups is 1. The van der Waals surface area contributed by atoms with Crippen LogP contribution >= 0.6 is 11.7 Å². The molecular weight excluding hydrogens is 320 g/mol. The van der Waals surface area contributed by atoms with Gasteiger partial charge < -0.3 is 4.90 Å². The second-order valence-corrected chi connectivity index (χ2v) is 6.23. The SMILES string of the molecule is O=C(Nc1cnsn1)N1CCc2ccccc2[C@H]1c1ccccc1. The smallest absolute Gasteiger partial charge is 0.313 e. The van der Waals surface area contributed by atoms with Crippen LogP contribution in [0.15, 0.2) is 60.8 Å². The van der Waals surface area contributed by atoms with Gasteiger partial charge in [-0.05, 0) is 23.1 Å². The molecule has 1 atom stereocenters. The van der Waals surface area contributed by atoms with Crippen molar-refractivity contribution >= 4 is 23.6 Å². The third kappa shape index (κ3) is 2.76. The minimum absolute atomic E-state index is 0.0947. The zero-order chi connectivity index (χ0) is 16.4. The molecule has 1 aromatic heterocycles. The van der Waals surface area contributed by atoms with Gasteiger partial charge in [-0.25, -0.2) is 4.79 Å². The Bertz CT molecular complexity index is 835. The fraction of sp³-hybridized carbons (Fsp3) is 0.167. The number of hydrogen-bond donors (Lipinski definition) is 1. The third-order valence-corrected chi connectivity index (χ3v) is 4.73. The first-order valence-corrected chi connectivity index (χ1v) is 8.54. The van der Waals surface area contributed by atoms with Crippen molar-refractivity contribution in [2.24, 2.45) is 0 Å². The van der Waals surface area contributed by atoms with Gasteiger partial charge in [0.15, 0.2) is 5.82 Å². The minimum atomic E-state index is -0.147. The van der Waals surface area contributed by atoms with E-state index in [9.17, 15) is 4.79 Å². The molecule has 4 rings (SSSR count). The van der Waals surface area contributed by atoms with Gasteiger partial charge in [0.2, 0.25) is 0 Å². The summed E-state index contributed by atoms with van der Waals surface area (Å²) < 4.78 is 8.00. The standard InChI is InChI=1S/C18H16N4OS/c23-18(20-16-12-19-24-21-16)22-11-10-13-6-4-5-9-15(13)17(22)14-7-2-1-3-8-14/h1-9,12,17H,10-11H2,(H,20,21,23)/t17-/m1/s1. The summed E-state index contributed by atoms with van der Waals surface area (Å²) in [6.45, 7) is 0.667. The van der Waals surface area contributed by atoms with Gasteiger partial charge in [0.25, 0.3) is 0 Å². The van der Waals surface area contributed by atoms with Crippen LogP contribution in [0.3, 0.4) is 0 Å². The lowest BCUT2D eigenvalue weighted by Gasteiger charge is -2.37. The number of carbonyl (C=O) groups excluding carboxylic acids is 1. The van der Waals surface area contributed by atoms with Crippen molar-refractivity contribution in [3.63, 3.8) is 0 Å². The maximum absolute atomic E-state index is 12.8. The van der Waals surface area contributed by atoms with Crippen molar-refractivity contribution in [1.82, 2.24) is 13.6 Å². The Balaban J connectivity index is 1.72. The molecule has 5 nitrogen and oxygen atoms in total. The fourth-order valence-corrected chi connectivity index (χ4v) is 3.56. The number of aromatic nitrogens is 2. The second kappa shape index (κ2) is 6.41. The van der Waals surface area contributed by atoms with Gasteiger partial charge in [-0.2, -0.15) is 8.75 Å². The first kappa shape index (κ1) is 14.8. The van der Waals surface area contributed by atoms with Crippen molar-refractivity contribution in [3.8, 4) is 0 Å². The molecule has 24 heavy (non-hydrogen) atoms. The number of carbonyl (C=O) groups is 1. The molecule has 6 heteroatoms. The van der Waals surface area contributed by atoms with Crippen LogP contribution in [-0.4, -0.2) is 26.2 Å². The predicted molar refractivity (Wildman–Crippen MR) is 94.1 cm³/mol. The fourth-order valence-electron chi connectivity index (χ4n) is 3.18. The molecular formula is C18H16N4OS. The molecule has 0 unspecified atom stereocenters.